The van der Waals surface area contributed by atoms with Crippen LogP contribution in [0.25, 0.3) is 11.5 Å². The third-order valence-corrected chi connectivity index (χ3v) is 4.95. The molecule has 2 aromatic rings. The standard InChI is InChI=1S/C21H28N2O2/c1-15-8-6-9-17(14-15)21-23-19(16(2)25-21)12-7-13-20(24)22-18-10-4-3-5-11-18/h6,8-9,14,18H,3-5,7,10-13H2,1-2H3,(H,22,24). The third kappa shape index (κ3) is 4.94. The zero-order valence-corrected chi connectivity index (χ0v) is 15.3. The minimum Gasteiger partial charge on any atom is -0.441 e. The first-order valence-corrected chi connectivity index (χ1v) is 9.44. The van der Waals surface area contributed by atoms with Gasteiger partial charge >= 0.3 is 0 Å². The van der Waals surface area contributed by atoms with E-state index in [0.717, 1.165) is 42.7 Å². The van der Waals surface area contributed by atoms with Crippen LogP contribution in [0.5, 0.6) is 0 Å². The average molecular weight is 340 g/mol. The van der Waals surface area contributed by atoms with Gasteiger partial charge in [0.1, 0.15) is 5.76 Å². The molecule has 0 saturated heterocycles. The molecule has 4 heteroatoms. The van der Waals surface area contributed by atoms with Crippen LogP contribution in [0.1, 0.15) is 62.0 Å². The van der Waals surface area contributed by atoms with E-state index in [9.17, 15) is 4.79 Å². The van der Waals surface area contributed by atoms with Gasteiger partial charge in [-0.25, -0.2) is 4.98 Å². The summed E-state index contributed by atoms with van der Waals surface area (Å²) in [6.45, 7) is 4.01. The summed E-state index contributed by atoms with van der Waals surface area (Å²) in [5, 5.41) is 3.17. The maximum absolute atomic E-state index is 12.1. The van der Waals surface area contributed by atoms with E-state index < -0.39 is 0 Å². The topological polar surface area (TPSA) is 55.1 Å². The van der Waals surface area contributed by atoms with Gasteiger partial charge in [-0.3, -0.25) is 4.79 Å². The highest BCUT2D eigenvalue weighted by Crippen LogP contribution is 2.23. The predicted molar refractivity (Wildman–Crippen MR) is 99.4 cm³/mol. The van der Waals surface area contributed by atoms with E-state index in [2.05, 4.69) is 29.4 Å². The number of aryl methyl sites for hydroxylation is 3. The van der Waals surface area contributed by atoms with Crippen LogP contribution < -0.4 is 5.32 Å². The van der Waals surface area contributed by atoms with E-state index in [1.54, 1.807) is 0 Å². The number of amides is 1. The molecule has 3 rings (SSSR count). The van der Waals surface area contributed by atoms with Crippen LogP contribution >= 0.6 is 0 Å². The van der Waals surface area contributed by atoms with Gasteiger partial charge in [-0.1, -0.05) is 37.0 Å². The molecule has 134 valence electrons. The highest BCUT2D eigenvalue weighted by molar-refractivity contribution is 5.76. The molecule has 1 aromatic carbocycles. The van der Waals surface area contributed by atoms with E-state index in [1.807, 2.05) is 19.1 Å². The second-order valence-corrected chi connectivity index (χ2v) is 7.15. The molecule has 0 unspecified atom stereocenters. The zero-order valence-electron chi connectivity index (χ0n) is 15.3. The normalized spacial score (nSPS) is 15.3. The Hall–Kier alpha value is -2.10. The second-order valence-electron chi connectivity index (χ2n) is 7.15. The first-order valence-electron chi connectivity index (χ1n) is 9.44. The van der Waals surface area contributed by atoms with Gasteiger partial charge in [-0.15, -0.1) is 0 Å². The quantitative estimate of drug-likeness (QED) is 0.827. The SMILES string of the molecule is Cc1cccc(-c2nc(CCCC(=O)NC3CCCCC3)c(C)o2)c1. The Kier molecular flexibility index (Phi) is 5.90. The number of nitrogens with zero attached hydrogens (tertiary/aromatic N) is 1. The number of rotatable bonds is 6. The van der Waals surface area contributed by atoms with Gasteiger partial charge in [-0.05, 0) is 51.7 Å². The summed E-state index contributed by atoms with van der Waals surface area (Å²) >= 11 is 0. The third-order valence-electron chi connectivity index (χ3n) is 4.95. The molecule has 0 radical (unpaired) electrons. The number of carbonyl (C=O) groups is 1. The lowest BCUT2D eigenvalue weighted by molar-refractivity contribution is -0.122. The molecule has 1 aromatic heterocycles. The van der Waals surface area contributed by atoms with Crippen LogP contribution in [0.15, 0.2) is 28.7 Å². The van der Waals surface area contributed by atoms with Gasteiger partial charge in [0.15, 0.2) is 0 Å². The lowest BCUT2D eigenvalue weighted by atomic mass is 9.95. The van der Waals surface area contributed by atoms with Crippen molar-refractivity contribution in [2.75, 3.05) is 0 Å². The van der Waals surface area contributed by atoms with Gasteiger partial charge in [0.2, 0.25) is 11.8 Å². The molecule has 0 aliphatic heterocycles. The Morgan fingerprint density at radius 3 is 2.80 bits per heavy atom. The van der Waals surface area contributed by atoms with Crippen molar-refractivity contribution >= 4 is 5.91 Å². The Morgan fingerprint density at radius 1 is 1.24 bits per heavy atom. The Labute approximate surface area is 150 Å². The molecule has 1 N–H and O–H groups in total. The van der Waals surface area contributed by atoms with Crippen molar-refractivity contribution in [2.45, 2.75) is 71.3 Å². The molecular weight excluding hydrogens is 312 g/mol. The molecule has 1 fully saturated rings. The molecule has 1 aliphatic rings. The number of hydrogen-bond donors (Lipinski definition) is 1. The summed E-state index contributed by atoms with van der Waals surface area (Å²) in [5.74, 6) is 1.69. The molecule has 1 aliphatic carbocycles. The highest BCUT2D eigenvalue weighted by Gasteiger charge is 2.16. The predicted octanol–water partition coefficient (Wildman–Crippen LogP) is 4.73. The monoisotopic (exact) mass is 340 g/mol. The fraction of sp³-hybridized carbons (Fsp3) is 0.524. The molecular formula is C21H28N2O2. The zero-order chi connectivity index (χ0) is 17.6. The van der Waals surface area contributed by atoms with Crippen molar-refractivity contribution in [3.05, 3.63) is 41.3 Å². The maximum Gasteiger partial charge on any atom is 0.226 e. The van der Waals surface area contributed by atoms with Gasteiger partial charge < -0.3 is 9.73 Å². The molecule has 1 amide bonds. The maximum atomic E-state index is 12.1. The second kappa shape index (κ2) is 8.32. The molecule has 1 heterocycles. The minimum absolute atomic E-state index is 0.173. The van der Waals surface area contributed by atoms with E-state index in [-0.39, 0.29) is 5.91 Å². The summed E-state index contributed by atoms with van der Waals surface area (Å²) in [6.07, 6.45) is 8.19. The number of benzene rings is 1. The number of carbonyl (C=O) groups excluding carboxylic acids is 1. The smallest absolute Gasteiger partial charge is 0.226 e. The average Bonchev–Trinajstić information content (AvgIpc) is 2.97. The molecule has 0 atom stereocenters. The Morgan fingerprint density at radius 2 is 2.04 bits per heavy atom. The van der Waals surface area contributed by atoms with E-state index in [0.29, 0.717) is 18.4 Å². The van der Waals surface area contributed by atoms with Crippen LogP contribution in [0, 0.1) is 13.8 Å². The minimum atomic E-state index is 0.173. The molecule has 1 saturated carbocycles. The van der Waals surface area contributed by atoms with E-state index >= 15 is 0 Å². The summed E-state index contributed by atoms with van der Waals surface area (Å²) < 4.78 is 5.82. The van der Waals surface area contributed by atoms with Crippen LogP contribution in [0.2, 0.25) is 0 Å². The first kappa shape index (κ1) is 17.7. The van der Waals surface area contributed by atoms with Gasteiger partial charge in [0.05, 0.1) is 5.69 Å². The number of oxazole rings is 1. The summed E-state index contributed by atoms with van der Waals surface area (Å²) in [4.78, 5) is 16.7. The first-order chi connectivity index (χ1) is 12.1. The number of hydrogen-bond acceptors (Lipinski definition) is 3. The van der Waals surface area contributed by atoms with Crippen molar-refractivity contribution in [2.24, 2.45) is 0 Å². The fourth-order valence-corrected chi connectivity index (χ4v) is 3.52. The van der Waals surface area contributed by atoms with Gasteiger partial charge in [-0.2, -0.15) is 0 Å². The van der Waals surface area contributed by atoms with E-state index in [1.165, 1.54) is 24.8 Å². The molecule has 4 nitrogen and oxygen atoms in total. The number of nitrogens with one attached hydrogen (secondary N) is 1. The van der Waals surface area contributed by atoms with Crippen molar-refractivity contribution in [3.63, 3.8) is 0 Å². The molecule has 25 heavy (non-hydrogen) atoms. The highest BCUT2D eigenvalue weighted by atomic mass is 16.4. The van der Waals surface area contributed by atoms with Crippen molar-refractivity contribution < 1.29 is 9.21 Å². The summed E-state index contributed by atoms with van der Waals surface area (Å²) in [5.41, 5.74) is 3.15. The van der Waals surface area contributed by atoms with Gasteiger partial charge in [0, 0.05) is 18.0 Å². The lowest BCUT2D eigenvalue weighted by Gasteiger charge is -2.22. The summed E-state index contributed by atoms with van der Waals surface area (Å²) in [7, 11) is 0. The van der Waals surface area contributed by atoms with Crippen molar-refractivity contribution in [1.29, 1.82) is 0 Å². The Bertz CT molecular complexity index is 714. The van der Waals surface area contributed by atoms with Gasteiger partial charge in [0.25, 0.3) is 0 Å². The van der Waals surface area contributed by atoms with Crippen LogP contribution in [0.3, 0.4) is 0 Å². The van der Waals surface area contributed by atoms with Crippen LogP contribution in [-0.2, 0) is 11.2 Å². The van der Waals surface area contributed by atoms with Crippen molar-refractivity contribution in [1.82, 2.24) is 10.3 Å². The largest absolute Gasteiger partial charge is 0.441 e. The molecule has 0 bridgehead atoms. The van der Waals surface area contributed by atoms with Crippen LogP contribution in [-0.4, -0.2) is 16.9 Å². The lowest BCUT2D eigenvalue weighted by Crippen LogP contribution is -2.36. The van der Waals surface area contributed by atoms with Crippen LogP contribution in [0.4, 0.5) is 0 Å². The fourth-order valence-electron chi connectivity index (χ4n) is 3.52. The van der Waals surface area contributed by atoms with Crippen molar-refractivity contribution in [3.8, 4) is 11.5 Å². The number of aromatic nitrogens is 1. The molecule has 0 spiro atoms. The Balaban J connectivity index is 1.50. The van der Waals surface area contributed by atoms with E-state index in [4.69, 9.17) is 4.42 Å². The summed E-state index contributed by atoms with van der Waals surface area (Å²) in [6, 6.07) is 8.56.